The minimum absolute atomic E-state index is 0.0428. The summed E-state index contributed by atoms with van der Waals surface area (Å²) < 4.78 is 5.60. The van der Waals surface area contributed by atoms with Crippen LogP contribution in [-0.2, 0) is 4.79 Å². The van der Waals surface area contributed by atoms with Crippen molar-refractivity contribution in [1.29, 1.82) is 0 Å². The van der Waals surface area contributed by atoms with Gasteiger partial charge in [-0.05, 0) is 46.2 Å². The Kier molecular flexibility index (Phi) is 6.88. The molecule has 1 aromatic rings. The molecule has 0 saturated carbocycles. The second-order valence-electron chi connectivity index (χ2n) is 6.33. The lowest BCUT2D eigenvalue weighted by Crippen LogP contribution is -2.46. The molecule has 1 aromatic carbocycles. The van der Waals surface area contributed by atoms with Crippen LogP contribution in [0.4, 0.5) is 10.5 Å². The van der Waals surface area contributed by atoms with Gasteiger partial charge < -0.3 is 20.7 Å². The Bertz CT molecular complexity index is 542. The fraction of sp³-hybridized carbons (Fsp3) is 0.529. The van der Waals surface area contributed by atoms with Crippen molar-refractivity contribution in [2.24, 2.45) is 0 Å². The average molecular weight is 321 g/mol. The van der Waals surface area contributed by atoms with Crippen LogP contribution in [0.5, 0.6) is 5.75 Å². The van der Waals surface area contributed by atoms with Gasteiger partial charge in [-0.3, -0.25) is 4.79 Å². The van der Waals surface area contributed by atoms with Gasteiger partial charge in [0.2, 0.25) is 5.91 Å². The summed E-state index contributed by atoms with van der Waals surface area (Å²) in [5.74, 6) is 0.662. The van der Waals surface area contributed by atoms with Crippen molar-refractivity contribution in [3.8, 4) is 5.75 Å². The molecule has 23 heavy (non-hydrogen) atoms. The molecule has 0 aromatic heterocycles. The molecule has 0 fully saturated rings. The monoisotopic (exact) mass is 321 g/mol. The molecule has 128 valence electrons. The van der Waals surface area contributed by atoms with Crippen LogP contribution in [0.25, 0.3) is 0 Å². The molecule has 0 aliphatic carbocycles. The number of urea groups is 1. The van der Waals surface area contributed by atoms with Crippen LogP contribution >= 0.6 is 0 Å². The van der Waals surface area contributed by atoms with Gasteiger partial charge in [0.25, 0.3) is 0 Å². The van der Waals surface area contributed by atoms with Crippen molar-refractivity contribution in [1.82, 2.24) is 10.6 Å². The maximum absolute atomic E-state index is 12.1. The van der Waals surface area contributed by atoms with E-state index in [0.717, 1.165) is 0 Å². The molecule has 0 saturated heterocycles. The topological polar surface area (TPSA) is 79.5 Å². The van der Waals surface area contributed by atoms with E-state index in [0.29, 0.717) is 24.3 Å². The van der Waals surface area contributed by atoms with E-state index in [1.807, 2.05) is 39.8 Å². The van der Waals surface area contributed by atoms with Crippen molar-refractivity contribution in [3.63, 3.8) is 0 Å². The highest BCUT2D eigenvalue weighted by Gasteiger charge is 2.21. The normalized spacial score (nSPS) is 11.0. The van der Waals surface area contributed by atoms with Crippen molar-refractivity contribution < 1.29 is 14.3 Å². The molecule has 1 rings (SSSR count). The molecule has 0 heterocycles. The number of hydrogen-bond acceptors (Lipinski definition) is 3. The fourth-order valence-corrected chi connectivity index (χ4v) is 2.00. The van der Waals surface area contributed by atoms with Crippen LogP contribution in [0, 0.1) is 0 Å². The van der Waals surface area contributed by atoms with E-state index in [1.54, 1.807) is 19.2 Å². The first-order chi connectivity index (χ1) is 10.7. The maximum atomic E-state index is 12.1. The van der Waals surface area contributed by atoms with Crippen LogP contribution in [0.1, 0.15) is 40.5 Å². The largest absolute Gasteiger partial charge is 0.491 e. The molecule has 6 heteroatoms. The molecule has 0 aliphatic rings. The van der Waals surface area contributed by atoms with E-state index in [2.05, 4.69) is 16.0 Å². The molecule has 0 aliphatic heterocycles. The summed E-state index contributed by atoms with van der Waals surface area (Å²) in [7, 11) is 1.60. The minimum Gasteiger partial charge on any atom is -0.491 e. The maximum Gasteiger partial charge on any atom is 0.319 e. The van der Waals surface area contributed by atoms with Gasteiger partial charge in [-0.1, -0.05) is 6.07 Å². The van der Waals surface area contributed by atoms with E-state index in [1.165, 1.54) is 0 Å². The Morgan fingerprint density at radius 2 is 1.96 bits per heavy atom. The summed E-state index contributed by atoms with van der Waals surface area (Å²) >= 11 is 0. The summed E-state index contributed by atoms with van der Waals surface area (Å²) in [6.07, 6.45) is 0.987. The summed E-state index contributed by atoms with van der Waals surface area (Å²) in [5, 5.41) is 8.23. The molecule has 3 N–H and O–H groups in total. The summed E-state index contributed by atoms with van der Waals surface area (Å²) in [6, 6.07) is 6.93. The summed E-state index contributed by atoms with van der Waals surface area (Å²) in [6.45, 7) is 7.66. The Labute approximate surface area is 138 Å². The first-order valence-electron chi connectivity index (χ1n) is 7.78. The quantitative estimate of drug-likeness (QED) is 0.722. The number of amides is 3. The van der Waals surface area contributed by atoms with Gasteiger partial charge in [-0.15, -0.1) is 0 Å². The van der Waals surface area contributed by atoms with Crippen LogP contribution in [0.15, 0.2) is 24.3 Å². The number of hydrogen-bond donors (Lipinski definition) is 3. The molecule has 0 spiro atoms. The number of benzene rings is 1. The SMILES string of the molecule is CNC(=O)CCC(C)(C)NC(=O)Nc1cccc(OC(C)C)c1. The number of nitrogens with one attached hydrogen (secondary N) is 3. The molecule has 0 atom stereocenters. The second kappa shape index (κ2) is 8.41. The number of ether oxygens (including phenoxy) is 1. The Morgan fingerprint density at radius 1 is 1.26 bits per heavy atom. The molecule has 0 unspecified atom stereocenters. The Morgan fingerprint density at radius 3 is 2.57 bits per heavy atom. The first-order valence-corrected chi connectivity index (χ1v) is 7.78. The number of anilines is 1. The zero-order valence-electron chi connectivity index (χ0n) is 14.5. The molecular weight excluding hydrogens is 294 g/mol. The van der Waals surface area contributed by atoms with Gasteiger partial charge in [-0.25, -0.2) is 4.79 Å². The number of carbonyl (C=O) groups excluding carboxylic acids is 2. The van der Waals surface area contributed by atoms with Crippen LogP contribution in [-0.4, -0.2) is 30.6 Å². The standard InChI is InChI=1S/C17H27N3O3/c1-12(2)23-14-8-6-7-13(11-14)19-16(22)20-17(3,4)10-9-15(21)18-5/h6-8,11-12H,9-10H2,1-5H3,(H,18,21)(H2,19,20,22). The van der Waals surface area contributed by atoms with E-state index in [-0.39, 0.29) is 18.0 Å². The predicted molar refractivity (Wildman–Crippen MR) is 91.7 cm³/mol. The number of rotatable bonds is 7. The summed E-state index contributed by atoms with van der Waals surface area (Å²) in [4.78, 5) is 23.4. The fourth-order valence-electron chi connectivity index (χ4n) is 2.00. The predicted octanol–water partition coefficient (Wildman–Crippen LogP) is 2.90. The zero-order chi connectivity index (χ0) is 17.5. The summed E-state index contributed by atoms with van der Waals surface area (Å²) in [5.41, 5.74) is 0.172. The van der Waals surface area contributed by atoms with Crippen LogP contribution in [0.2, 0.25) is 0 Å². The third-order valence-electron chi connectivity index (χ3n) is 3.17. The second-order valence-corrected chi connectivity index (χ2v) is 6.33. The van der Waals surface area contributed by atoms with Gasteiger partial charge in [-0.2, -0.15) is 0 Å². The highest BCUT2D eigenvalue weighted by molar-refractivity contribution is 5.90. The smallest absolute Gasteiger partial charge is 0.319 e. The van der Waals surface area contributed by atoms with Crippen molar-refractivity contribution in [2.45, 2.75) is 52.2 Å². The number of carbonyl (C=O) groups is 2. The van der Waals surface area contributed by atoms with Crippen LogP contribution in [0.3, 0.4) is 0 Å². The van der Waals surface area contributed by atoms with Crippen molar-refractivity contribution in [3.05, 3.63) is 24.3 Å². The Balaban J connectivity index is 2.57. The highest BCUT2D eigenvalue weighted by atomic mass is 16.5. The molecule has 3 amide bonds. The lowest BCUT2D eigenvalue weighted by Gasteiger charge is -2.26. The van der Waals surface area contributed by atoms with Gasteiger partial charge in [0.1, 0.15) is 5.75 Å². The third kappa shape index (κ3) is 7.54. The van der Waals surface area contributed by atoms with E-state index in [9.17, 15) is 9.59 Å². The van der Waals surface area contributed by atoms with Gasteiger partial charge >= 0.3 is 6.03 Å². The Hall–Kier alpha value is -2.24. The van der Waals surface area contributed by atoms with E-state index < -0.39 is 5.54 Å². The third-order valence-corrected chi connectivity index (χ3v) is 3.17. The molecule has 0 bridgehead atoms. The molecule has 0 radical (unpaired) electrons. The average Bonchev–Trinajstić information content (AvgIpc) is 2.43. The van der Waals surface area contributed by atoms with Gasteiger partial charge in [0.15, 0.2) is 0 Å². The first kappa shape index (κ1) is 18.8. The zero-order valence-corrected chi connectivity index (χ0v) is 14.5. The molecule has 6 nitrogen and oxygen atoms in total. The van der Waals surface area contributed by atoms with Gasteiger partial charge in [0, 0.05) is 30.8 Å². The van der Waals surface area contributed by atoms with Crippen molar-refractivity contribution >= 4 is 17.6 Å². The van der Waals surface area contributed by atoms with E-state index in [4.69, 9.17) is 4.74 Å². The lowest BCUT2D eigenvalue weighted by molar-refractivity contribution is -0.120. The van der Waals surface area contributed by atoms with Gasteiger partial charge in [0.05, 0.1) is 6.10 Å². The van der Waals surface area contributed by atoms with Crippen molar-refractivity contribution in [2.75, 3.05) is 12.4 Å². The van der Waals surface area contributed by atoms with Crippen LogP contribution < -0.4 is 20.7 Å². The lowest BCUT2D eigenvalue weighted by atomic mass is 9.98. The van der Waals surface area contributed by atoms with E-state index >= 15 is 0 Å². The molecular formula is C17H27N3O3. The minimum atomic E-state index is -0.483. The highest BCUT2D eigenvalue weighted by Crippen LogP contribution is 2.19.